The van der Waals surface area contributed by atoms with Gasteiger partial charge in [-0.15, -0.1) is 0 Å². The second-order valence-corrected chi connectivity index (χ2v) is 9.41. The number of nitrogens with one attached hydrogen (secondary N) is 1. The standard InChI is InChI=1S/C24H28N6S/c1-16-7-18(9-25)8-17(2)23(16)11-27-31-22-10-26-30(15-22)14-21-13-29-12-20(19-3-4-19)5-6-24(29)28-21/h5-8,10,12-13,15,19,27H,3-4,9,11,14,25H2,1-2H3. The molecule has 0 atom stereocenters. The first-order valence-corrected chi connectivity index (χ1v) is 11.6. The minimum atomic E-state index is 0.581. The monoisotopic (exact) mass is 432 g/mol. The van der Waals surface area contributed by atoms with Gasteiger partial charge in [-0.2, -0.15) is 5.10 Å². The van der Waals surface area contributed by atoms with Crippen molar-refractivity contribution in [1.82, 2.24) is 23.9 Å². The molecule has 0 bridgehead atoms. The topological polar surface area (TPSA) is 73.2 Å². The number of pyridine rings is 1. The van der Waals surface area contributed by atoms with E-state index in [0.29, 0.717) is 13.1 Å². The summed E-state index contributed by atoms with van der Waals surface area (Å²) in [6, 6.07) is 8.69. The van der Waals surface area contributed by atoms with Crippen LogP contribution in [0.25, 0.3) is 5.65 Å². The molecule has 0 spiro atoms. The molecular weight excluding hydrogens is 404 g/mol. The molecule has 3 N–H and O–H groups in total. The van der Waals surface area contributed by atoms with Crippen LogP contribution in [0.3, 0.4) is 0 Å². The van der Waals surface area contributed by atoms with Crippen molar-refractivity contribution >= 4 is 17.6 Å². The zero-order valence-corrected chi connectivity index (χ0v) is 18.8. The molecule has 0 aliphatic heterocycles. The van der Waals surface area contributed by atoms with Gasteiger partial charge in [0.1, 0.15) is 5.65 Å². The Bertz CT molecular complexity index is 1200. The van der Waals surface area contributed by atoms with Crippen LogP contribution in [0, 0.1) is 13.8 Å². The molecule has 160 valence electrons. The molecule has 31 heavy (non-hydrogen) atoms. The van der Waals surface area contributed by atoms with E-state index in [-0.39, 0.29) is 0 Å². The van der Waals surface area contributed by atoms with Crippen molar-refractivity contribution in [2.24, 2.45) is 5.73 Å². The number of rotatable bonds is 8. The molecule has 7 heteroatoms. The highest BCUT2D eigenvalue weighted by atomic mass is 32.2. The Kier molecular flexibility index (Phi) is 5.56. The molecule has 0 radical (unpaired) electrons. The normalized spacial score (nSPS) is 13.9. The van der Waals surface area contributed by atoms with E-state index in [1.165, 1.54) is 40.7 Å². The maximum atomic E-state index is 5.78. The minimum Gasteiger partial charge on any atom is -0.326 e. The Balaban J connectivity index is 1.20. The van der Waals surface area contributed by atoms with Crippen LogP contribution in [0.1, 0.15) is 52.3 Å². The van der Waals surface area contributed by atoms with E-state index in [1.807, 2.05) is 10.9 Å². The lowest BCUT2D eigenvalue weighted by Crippen LogP contribution is -2.08. The van der Waals surface area contributed by atoms with Crippen LogP contribution in [-0.2, 0) is 19.6 Å². The molecule has 5 rings (SSSR count). The second-order valence-electron chi connectivity index (χ2n) is 8.44. The number of hydrogen-bond donors (Lipinski definition) is 2. The predicted octanol–water partition coefficient (Wildman–Crippen LogP) is 4.33. The number of benzene rings is 1. The number of fused-ring (bicyclic) bond motifs is 1. The highest BCUT2D eigenvalue weighted by Gasteiger charge is 2.23. The molecule has 4 aromatic rings. The number of aromatic nitrogens is 4. The van der Waals surface area contributed by atoms with Crippen LogP contribution in [0.4, 0.5) is 0 Å². The maximum Gasteiger partial charge on any atom is 0.137 e. The summed E-state index contributed by atoms with van der Waals surface area (Å²) >= 11 is 1.61. The third-order valence-corrected chi connectivity index (χ3v) is 6.67. The van der Waals surface area contributed by atoms with Gasteiger partial charge >= 0.3 is 0 Å². The molecule has 1 aromatic carbocycles. The van der Waals surface area contributed by atoms with E-state index in [0.717, 1.165) is 28.7 Å². The van der Waals surface area contributed by atoms with Gasteiger partial charge in [-0.25, -0.2) is 4.98 Å². The van der Waals surface area contributed by atoms with Gasteiger partial charge in [0.25, 0.3) is 0 Å². The summed E-state index contributed by atoms with van der Waals surface area (Å²) in [7, 11) is 0. The molecule has 1 fully saturated rings. The lowest BCUT2D eigenvalue weighted by Gasteiger charge is -2.12. The largest absolute Gasteiger partial charge is 0.326 e. The summed E-state index contributed by atoms with van der Waals surface area (Å²) in [5, 5.41) is 4.51. The van der Waals surface area contributed by atoms with Crippen molar-refractivity contribution in [3.05, 3.63) is 82.6 Å². The Hall–Kier alpha value is -2.61. The quantitative estimate of drug-likeness (QED) is 0.406. The van der Waals surface area contributed by atoms with E-state index in [4.69, 9.17) is 10.7 Å². The molecule has 1 saturated carbocycles. The van der Waals surface area contributed by atoms with Gasteiger partial charge in [-0.05, 0) is 78.4 Å². The first-order chi connectivity index (χ1) is 15.1. The van der Waals surface area contributed by atoms with Crippen LogP contribution >= 0.6 is 11.9 Å². The fourth-order valence-corrected chi connectivity index (χ4v) is 4.77. The van der Waals surface area contributed by atoms with Gasteiger partial charge in [0.05, 0.1) is 23.3 Å². The second kappa shape index (κ2) is 8.49. The minimum absolute atomic E-state index is 0.581. The van der Waals surface area contributed by atoms with Crippen LogP contribution < -0.4 is 10.5 Å². The van der Waals surface area contributed by atoms with Gasteiger partial charge < -0.3 is 10.1 Å². The van der Waals surface area contributed by atoms with E-state index >= 15 is 0 Å². The lowest BCUT2D eigenvalue weighted by atomic mass is 9.99. The molecule has 0 unspecified atom stereocenters. The first kappa shape index (κ1) is 20.3. The van der Waals surface area contributed by atoms with Crippen LogP contribution in [0.2, 0.25) is 0 Å². The SMILES string of the molecule is Cc1cc(CN)cc(C)c1CNSc1cnn(Cc2cn3cc(C4CC4)ccc3n2)c1. The fraction of sp³-hybridized carbons (Fsp3) is 0.333. The Morgan fingerprint density at radius 1 is 1.13 bits per heavy atom. The molecule has 3 aromatic heterocycles. The van der Waals surface area contributed by atoms with Crippen molar-refractivity contribution < 1.29 is 0 Å². The first-order valence-electron chi connectivity index (χ1n) is 10.8. The molecular formula is C24H28N6S. The number of nitrogens with zero attached hydrogens (tertiary/aromatic N) is 4. The molecule has 0 amide bonds. The van der Waals surface area contributed by atoms with Gasteiger partial charge in [-0.1, -0.05) is 18.2 Å². The maximum absolute atomic E-state index is 5.78. The van der Waals surface area contributed by atoms with Crippen LogP contribution in [0.5, 0.6) is 0 Å². The Morgan fingerprint density at radius 3 is 2.68 bits per heavy atom. The Labute approximate surface area is 187 Å². The molecule has 1 aliphatic rings. The molecule has 3 heterocycles. The van der Waals surface area contributed by atoms with Crippen LogP contribution in [-0.4, -0.2) is 19.2 Å². The summed E-state index contributed by atoms with van der Waals surface area (Å²) in [6.45, 7) is 6.34. The van der Waals surface area contributed by atoms with E-state index in [2.05, 4.69) is 70.9 Å². The smallest absolute Gasteiger partial charge is 0.137 e. The van der Waals surface area contributed by atoms with Crippen molar-refractivity contribution in [3.63, 3.8) is 0 Å². The van der Waals surface area contributed by atoms with E-state index in [1.54, 1.807) is 11.9 Å². The van der Waals surface area contributed by atoms with Crippen molar-refractivity contribution in [2.75, 3.05) is 0 Å². The molecule has 6 nitrogen and oxygen atoms in total. The Morgan fingerprint density at radius 2 is 1.94 bits per heavy atom. The highest BCUT2D eigenvalue weighted by molar-refractivity contribution is 7.97. The van der Waals surface area contributed by atoms with E-state index < -0.39 is 0 Å². The van der Waals surface area contributed by atoms with E-state index in [9.17, 15) is 0 Å². The third kappa shape index (κ3) is 4.54. The zero-order chi connectivity index (χ0) is 21.4. The number of hydrogen-bond acceptors (Lipinski definition) is 5. The molecule has 0 saturated heterocycles. The summed E-state index contributed by atoms with van der Waals surface area (Å²) in [6.07, 6.45) is 10.9. The predicted molar refractivity (Wildman–Crippen MR) is 125 cm³/mol. The van der Waals surface area contributed by atoms with Gasteiger partial charge in [0, 0.05) is 31.7 Å². The van der Waals surface area contributed by atoms with Crippen molar-refractivity contribution in [1.29, 1.82) is 0 Å². The van der Waals surface area contributed by atoms with Gasteiger partial charge in [-0.3, -0.25) is 9.40 Å². The van der Waals surface area contributed by atoms with Gasteiger partial charge in [0.2, 0.25) is 0 Å². The van der Waals surface area contributed by atoms with Crippen molar-refractivity contribution in [2.45, 2.75) is 57.1 Å². The number of imidazole rings is 1. The summed E-state index contributed by atoms with van der Waals surface area (Å²) in [5.74, 6) is 0.750. The average molecular weight is 433 g/mol. The lowest BCUT2D eigenvalue weighted by molar-refractivity contribution is 0.675. The number of aryl methyl sites for hydroxylation is 2. The fourth-order valence-electron chi connectivity index (χ4n) is 4.12. The summed E-state index contributed by atoms with van der Waals surface area (Å²) in [5.41, 5.74) is 14.3. The highest BCUT2D eigenvalue weighted by Crippen LogP contribution is 2.39. The van der Waals surface area contributed by atoms with Crippen molar-refractivity contribution in [3.8, 4) is 0 Å². The summed E-state index contributed by atoms with van der Waals surface area (Å²) < 4.78 is 7.56. The average Bonchev–Trinajstić information content (AvgIpc) is 3.39. The third-order valence-electron chi connectivity index (χ3n) is 5.94. The van der Waals surface area contributed by atoms with Crippen LogP contribution in [0.15, 0.2) is 53.9 Å². The van der Waals surface area contributed by atoms with Gasteiger partial charge in [0.15, 0.2) is 0 Å². The number of nitrogens with two attached hydrogens (primary N) is 1. The zero-order valence-electron chi connectivity index (χ0n) is 18.0. The molecule has 1 aliphatic carbocycles. The summed E-state index contributed by atoms with van der Waals surface area (Å²) in [4.78, 5) is 5.84.